The lowest BCUT2D eigenvalue weighted by Crippen LogP contribution is -2.25. The third kappa shape index (κ3) is 3.14. The quantitative estimate of drug-likeness (QED) is 0.812. The number of anilines is 1. The molecule has 26 heavy (non-hydrogen) atoms. The second-order valence-electron chi connectivity index (χ2n) is 6.19. The number of aryl methyl sites for hydroxylation is 1. The zero-order chi connectivity index (χ0) is 19.1. The molecule has 0 N–H and O–H groups in total. The summed E-state index contributed by atoms with van der Waals surface area (Å²) in [5.41, 5.74) is 1.36. The van der Waals surface area contributed by atoms with E-state index in [9.17, 15) is 12.8 Å². The largest absolute Gasteiger partial charge is 0.339 e. The van der Waals surface area contributed by atoms with Gasteiger partial charge in [-0.25, -0.2) is 17.2 Å². The molecular formula is C19H18F2N2O2S. The Hall–Kier alpha value is -2.54. The Labute approximate surface area is 151 Å². The summed E-state index contributed by atoms with van der Waals surface area (Å²) in [6, 6.07) is 3.86. The van der Waals surface area contributed by atoms with Crippen LogP contribution in [0.25, 0.3) is 11.3 Å². The van der Waals surface area contributed by atoms with Crippen molar-refractivity contribution in [1.82, 2.24) is 4.98 Å². The van der Waals surface area contributed by atoms with E-state index in [4.69, 9.17) is 0 Å². The van der Waals surface area contributed by atoms with E-state index in [1.54, 1.807) is 11.8 Å². The topological polar surface area (TPSA) is 50.3 Å². The Bertz CT molecular complexity index is 1040. The van der Waals surface area contributed by atoms with Crippen molar-refractivity contribution in [3.63, 3.8) is 0 Å². The van der Waals surface area contributed by atoms with Gasteiger partial charge in [-0.1, -0.05) is 18.2 Å². The van der Waals surface area contributed by atoms with Gasteiger partial charge in [0.2, 0.25) is 0 Å². The average molecular weight is 376 g/mol. The highest BCUT2D eigenvalue weighted by Gasteiger charge is 2.25. The van der Waals surface area contributed by atoms with Crippen LogP contribution < -0.4 is 4.90 Å². The van der Waals surface area contributed by atoms with Gasteiger partial charge >= 0.3 is 0 Å². The molecule has 0 unspecified atom stereocenters. The summed E-state index contributed by atoms with van der Waals surface area (Å²) >= 11 is 0. The van der Waals surface area contributed by atoms with Crippen molar-refractivity contribution < 1.29 is 17.2 Å². The summed E-state index contributed by atoms with van der Waals surface area (Å²) < 4.78 is 53.6. The van der Waals surface area contributed by atoms with E-state index < -0.39 is 26.4 Å². The third-order valence-corrected chi connectivity index (χ3v) is 5.37. The fraction of sp³-hybridized carbons (Fsp3) is 0.211. The molecule has 7 heteroatoms. The number of hydrogen-bond donors (Lipinski definition) is 0. The van der Waals surface area contributed by atoms with Gasteiger partial charge in [0.05, 0.1) is 5.69 Å². The van der Waals surface area contributed by atoms with E-state index in [1.165, 1.54) is 18.3 Å². The van der Waals surface area contributed by atoms with Crippen LogP contribution in [0.5, 0.6) is 0 Å². The van der Waals surface area contributed by atoms with Gasteiger partial charge in [-0.05, 0) is 37.6 Å². The summed E-state index contributed by atoms with van der Waals surface area (Å²) in [7, 11) is -3.78. The van der Waals surface area contributed by atoms with Gasteiger partial charge in [0.25, 0.3) is 0 Å². The number of benzene rings is 1. The first-order valence-corrected chi connectivity index (χ1v) is 9.86. The van der Waals surface area contributed by atoms with Gasteiger partial charge in [0.15, 0.2) is 21.5 Å². The fourth-order valence-corrected chi connectivity index (χ4v) is 3.70. The van der Waals surface area contributed by atoms with Crippen LogP contribution in [0.2, 0.25) is 0 Å². The molecule has 1 aromatic heterocycles. The minimum absolute atomic E-state index is 0.180. The van der Waals surface area contributed by atoms with Gasteiger partial charge in [-0.3, -0.25) is 4.98 Å². The van der Waals surface area contributed by atoms with Crippen LogP contribution in [0.15, 0.2) is 53.2 Å². The maximum Gasteiger partial charge on any atom is 0.178 e. The van der Waals surface area contributed by atoms with Gasteiger partial charge < -0.3 is 4.90 Å². The van der Waals surface area contributed by atoms with Crippen molar-refractivity contribution in [2.75, 3.05) is 17.7 Å². The lowest BCUT2D eigenvalue weighted by atomic mass is 10.1. The molecule has 0 amide bonds. The predicted octanol–water partition coefficient (Wildman–Crippen LogP) is 4.02. The number of nitrogens with zero attached hydrogens (tertiary/aromatic N) is 2. The Morgan fingerprint density at radius 1 is 1.15 bits per heavy atom. The molecule has 2 heterocycles. The minimum atomic E-state index is -3.78. The Morgan fingerprint density at radius 2 is 1.88 bits per heavy atom. The van der Waals surface area contributed by atoms with Crippen LogP contribution in [0, 0.1) is 18.6 Å². The molecule has 1 aromatic carbocycles. The van der Waals surface area contributed by atoms with Crippen molar-refractivity contribution >= 4 is 15.5 Å². The molecule has 0 saturated heterocycles. The molecule has 0 atom stereocenters. The minimum Gasteiger partial charge on any atom is -0.339 e. The van der Waals surface area contributed by atoms with Gasteiger partial charge in [0, 0.05) is 30.3 Å². The number of hydrogen-bond acceptors (Lipinski definition) is 4. The summed E-state index contributed by atoms with van der Waals surface area (Å²) in [6.07, 6.45) is 8.00. The number of rotatable bonds is 3. The van der Waals surface area contributed by atoms with Crippen LogP contribution in [0.4, 0.5) is 14.5 Å². The highest BCUT2D eigenvalue weighted by Crippen LogP contribution is 2.35. The van der Waals surface area contributed by atoms with E-state index in [0.717, 1.165) is 18.0 Å². The van der Waals surface area contributed by atoms with Crippen LogP contribution in [0.1, 0.15) is 12.5 Å². The zero-order valence-corrected chi connectivity index (χ0v) is 15.4. The van der Waals surface area contributed by atoms with Crippen molar-refractivity contribution in [2.45, 2.75) is 18.7 Å². The fourth-order valence-electron chi connectivity index (χ4n) is 2.94. The Balaban J connectivity index is 2.22. The van der Waals surface area contributed by atoms with E-state index >= 15 is 4.39 Å². The Kier molecular flexibility index (Phi) is 4.66. The van der Waals surface area contributed by atoms with Crippen LogP contribution in [-0.2, 0) is 9.84 Å². The molecule has 3 rings (SSSR count). The lowest BCUT2D eigenvalue weighted by molar-refractivity contribution is 0.569. The van der Waals surface area contributed by atoms with Gasteiger partial charge in [-0.15, -0.1) is 0 Å². The highest BCUT2D eigenvalue weighted by molar-refractivity contribution is 7.90. The van der Waals surface area contributed by atoms with Crippen molar-refractivity contribution in [1.29, 1.82) is 0 Å². The SMILES string of the molecule is CC1=CC=CCN1c1c(C)cnc(-c2cccc(S(C)(=O)=O)c2F)c1F. The molecule has 0 fully saturated rings. The Morgan fingerprint density at radius 3 is 2.54 bits per heavy atom. The molecular weight excluding hydrogens is 358 g/mol. The molecule has 136 valence electrons. The summed E-state index contributed by atoms with van der Waals surface area (Å²) in [6.45, 7) is 4.06. The molecule has 4 nitrogen and oxygen atoms in total. The second-order valence-corrected chi connectivity index (χ2v) is 8.17. The van der Waals surface area contributed by atoms with Crippen LogP contribution in [-0.4, -0.2) is 26.2 Å². The molecule has 0 aliphatic carbocycles. The van der Waals surface area contributed by atoms with Gasteiger partial charge in [-0.2, -0.15) is 0 Å². The van der Waals surface area contributed by atoms with E-state index in [-0.39, 0.29) is 11.3 Å². The number of pyridine rings is 1. The van der Waals surface area contributed by atoms with E-state index in [0.29, 0.717) is 17.8 Å². The molecule has 0 radical (unpaired) electrons. The first-order valence-electron chi connectivity index (χ1n) is 7.97. The summed E-state index contributed by atoms with van der Waals surface area (Å²) in [4.78, 5) is 5.33. The van der Waals surface area contributed by atoms with Crippen molar-refractivity contribution in [3.05, 3.63) is 65.5 Å². The van der Waals surface area contributed by atoms with Gasteiger partial charge in [0.1, 0.15) is 10.6 Å². The smallest absolute Gasteiger partial charge is 0.178 e. The predicted molar refractivity (Wildman–Crippen MR) is 97.7 cm³/mol. The lowest BCUT2D eigenvalue weighted by Gasteiger charge is -2.28. The number of sulfone groups is 1. The number of halogens is 2. The standard InChI is InChI=1S/C19H18F2N2O2S/c1-12-11-22-18(14-8-6-9-15(16(14)20)26(3,24)25)17(21)19(12)23-10-5-4-7-13(23)2/h4-9,11H,10H2,1-3H3. The molecule has 2 aromatic rings. The number of allylic oxidation sites excluding steroid dienone is 3. The molecule has 0 bridgehead atoms. The van der Waals surface area contributed by atoms with Crippen molar-refractivity contribution in [3.8, 4) is 11.3 Å². The van der Waals surface area contributed by atoms with Crippen molar-refractivity contribution in [2.24, 2.45) is 0 Å². The molecule has 0 saturated carbocycles. The third-order valence-electron chi connectivity index (χ3n) is 4.25. The normalized spacial score (nSPS) is 14.5. The summed E-state index contributed by atoms with van der Waals surface area (Å²) in [5, 5.41) is 0. The zero-order valence-electron chi connectivity index (χ0n) is 14.6. The average Bonchev–Trinajstić information content (AvgIpc) is 2.56. The molecule has 1 aliphatic rings. The monoisotopic (exact) mass is 376 g/mol. The first-order chi connectivity index (χ1) is 12.2. The van der Waals surface area contributed by atoms with Crippen LogP contribution >= 0.6 is 0 Å². The first kappa shape index (κ1) is 18.3. The second kappa shape index (κ2) is 6.64. The summed E-state index contributed by atoms with van der Waals surface area (Å²) in [5.74, 6) is -1.68. The maximum absolute atomic E-state index is 15.3. The molecule has 1 aliphatic heterocycles. The van der Waals surface area contributed by atoms with E-state index in [1.807, 2.05) is 25.2 Å². The highest BCUT2D eigenvalue weighted by atomic mass is 32.2. The van der Waals surface area contributed by atoms with Crippen LogP contribution in [0.3, 0.4) is 0 Å². The van der Waals surface area contributed by atoms with E-state index in [2.05, 4.69) is 4.98 Å². The molecule has 0 spiro atoms. The number of aromatic nitrogens is 1. The maximum atomic E-state index is 15.3.